The number of sulfonamides is 1. The summed E-state index contributed by atoms with van der Waals surface area (Å²) in [5.74, 6) is -0.505. The van der Waals surface area contributed by atoms with Gasteiger partial charge in [0, 0.05) is 32.2 Å². The van der Waals surface area contributed by atoms with Gasteiger partial charge in [-0.2, -0.15) is 0 Å². The molecule has 8 nitrogen and oxygen atoms in total. The maximum absolute atomic E-state index is 13.8. The van der Waals surface area contributed by atoms with Crippen LogP contribution in [0.5, 0.6) is 5.75 Å². The van der Waals surface area contributed by atoms with Crippen LogP contribution in [0, 0.1) is 0 Å². The third-order valence-corrected chi connectivity index (χ3v) is 8.50. The van der Waals surface area contributed by atoms with E-state index in [0.717, 1.165) is 19.5 Å². The van der Waals surface area contributed by atoms with Crippen molar-refractivity contribution in [3.05, 3.63) is 81.9 Å². The molecule has 1 aliphatic carbocycles. The van der Waals surface area contributed by atoms with Crippen LogP contribution in [0.3, 0.4) is 0 Å². The second-order valence-corrected chi connectivity index (χ2v) is 11.3. The standard InChI is InChI=1S/C27H31ClN2O6S/c1-18(31)27(35-4)16-25(22(15-26(27)34-3)19-8-6-5-7-9-19)37(32,33)29-20-10-11-23(28)24(14-20)36-21-12-13-30(2)17-21/h5-11,14-16,21-22,29H,12-13,17H2,1-4H3/t21-,22?,27?/m1/s1. The molecule has 3 atom stereocenters. The van der Waals surface area contributed by atoms with Gasteiger partial charge in [0.1, 0.15) is 17.6 Å². The summed E-state index contributed by atoms with van der Waals surface area (Å²) in [6.07, 6.45) is 3.76. The second-order valence-electron chi connectivity index (χ2n) is 9.21. The minimum atomic E-state index is -4.17. The zero-order valence-electron chi connectivity index (χ0n) is 21.2. The molecule has 0 bridgehead atoms. The number of allylic oxidation sites excluding steroid dienone is 2. The largest absolute Gasteiger partial charge is 0.497 e. The molecule has 1 fully saturated rings. The molecule has 1 N–H and O–H groups in total. The van der Waals surface area contributed by atoms with Crippen molar-refractivity contribution in [1.29, 1.82) is 0 Å². The van der Waals surface area contributed by atoms with Crippen LogP contribution in [0.2, 0.25) is 5.02 Å². The first-order chi connectivity index (χ1) is 17.6. The highest BCUT2D eigenvalue weighted by Crippen LogP contribution is 2.42. The van der Waals surface area contributed by atoms with Crippen molar-refractivity contribution in [2.75, 3.05) is 39.1 Å². The van der Waals surface area contributed by atoms with Crippen molar-refractivity contribution < 1.29 is 27.4 Å². The summed E-state index contributed by atoms with van der Waals surface area (Å²) in [7, 11) is 0.607. The Morgan fingerprint density at radius 2 is 1.89 bits per heavy atom. The van der Waals surface area contributed by atoms with Crippen LogP contribution in [0.15, 0.2) is 71.3 Å². The Bertz CT molecular complexity index is 1330. The maximum atomic E-state index is 13.8. The molecule has 37 heavy (non-hydrogen) atoms. The summed E-state index contributed by atoms with van der Waals surface area (Å²) < 4.78 is 47.5. The van der Waals surface area contributed by atoms with Gasteiger partial charge < -0.3 is 19.1 Å². The molecule has 2 aromatic rings. The first-order valence-electron chi connectivity index (χ1n) is 11.9. The number of nitrogens with zero attached hydrogens (tertiary/aromatic N) is 1. The number of benzene rings is 2. The fraction of sp³-hybridized carbons (Fsp3) is 0.370. The van der Waals surface area contributed by atoms with E-state index < -0.39 is 27.3 Å². The number of carbonyl (C=O) groups excluding carboxylic acids is 1. The van der Waals surface area contributed by atoms with Crippen LogP contribution in [0.25, 0.3) is 0 Å². The lowest BCUT2D eigenvalue weighted by molar-refractivity contribution is -0.133. The van der Waals surface area contributed by atoms with Crippen LogP contribution in [-0.2, 0) is 24.3 Å². The molecule has 2 unspecified atom stereocenters. The molecule has 0 spiro atoms. The van der Waals surface area contributed by atoms with Gasteiger partial charge in [0.2, 0.25) is 5.60 Å². The third kappa shape index (κ3) is 5.55. The van der Waals surface area contributed by atoms with Gasteiger partial charge >= 0.3 is 0 Å². The monoisotopic (exact) mass is 546 g/mol. The molecule has 0 saturated carbocycles. The van der Waals surface area contributed by atoms with Crippen LogP contribution in [-0.4, -0.2) is 65.2 Å². The van der Waals surface area contributed by atoms with Gasteiger partial charge in [0.05, 0.1) is 22.7 Å². The number of nitrogens with one attached hydrogen (secondary N) is 1. The Hall–Kier alpha value is -2.85. The summed E-state index contributed by atoms with van der Waals surface area (Å²) in [6, 6.07) is 13.9. The Kier molecular flexibility index (Phi) is 7.99. The Labute approximate surface area is 222 Å². The summed E-state index contributed by atoms with van der Waals surface area (Å²) in [5.41, 5.74) is -0.675. The fourth-order valence-corrected chi connectivity index (χ4v) is 6.30. The average Bonchev–Trinajstić information content (AvgIpc) is 3.29. The molecule has 10 heteroatoms. The smallest absolute Gasteiger partial charge is 0.258 e. The Balaban J connectivity index is 1.73. The molecule has 0 radical (unpaired) electrons. The van der Waals surface area contributed by atoms with E-state index in [0.29, 0.717) is 16.3 Å². The van der Waals surface area contributed by atoms with Crippen LogP contribution in [0.1, 0.15) is 24.8 Å². The van der Waals surface area contributed by atoms with E-state index in [4.69, 9.17) is 25.8 Å². The van der Waals surface area contributed by atoms with E-state index in [1.54, 1.807) is 24.3 Å². The second kappa shape index (κ2) is 10.9. The highest BCUT2D eigenvalue weighted by molar-refractivity contribution is 7.96. The maximum Gasteiger partial charge on any atom is 0.258 e. The van der Waals surface area contributed by atoms with E-state index in [9.17, 15) is 13.2 Å². The van der Waals surface area contributed by atoms with Gasteiger partial charge in [0.15, 0.2) is 5.78 Å². The van der Waals surface area contributed by atoms with E-state index in [-0.39, 0.29) is 22.5 Å². The molecule has 1 heterocycles. The number of methoxy groups -OCH3 is 2. The summed E-state index contributed by atoms with van der Waals surface area (Å²) in [4.78, 5) is 14.8. The quantitative estimate of drug-likeness (QED) is 0.499. The third-order valence-electron chi connectivity index (χ3n) is 6.70. The number of hydrogen-bond donors (Lipinski definition) is 1. The number of ether oxygens (including phenoxy) is 3. The summed E-state index contributed by atoms with van der Waals surface area (Å²) >= 11 is 6.35. The van der Waals surface area contributed by atoms with Crippen LogP contribution in [0.4, 0.5) is 5.69 Å². The summed E-state index contributed by atoms with van der Waals surface area (Å²) in [6.45, 7) is 3.00. The number of halogens is 1. The predicted octanol–water partition coefficient (Wildman–Crippen LogP) is 4.35. The summed E-state index contributed by atoms with van der Waals surface area (Å²) in [5, 5.41) is 0.388. The van der Waals surface area contributed by atoms with Crippen molar-refractivity contribution in [3.63, 3.8) is 0 Å². The van der Waals surface area contributed by atoms with Gasteiger partial charge in [-0.05, 0) is 50.2 Å². The van der Waals surface area contributed by atoms with E-state index in [1.807, 2.05) is 37.4 Å². The zero-order chi connectivity index (χ0) is 26.8. The van der Waals surface area contributed by atoms with Gasteiger partial charge in [-0.15, -0.1) is 0 Å². The first kappa shape index (κ1) is 27.2. The van der Waals surface area contributed by atoms with Gasteiger partial charge in [-0.3, -0.25) is 9.52 Å². The van der Waals surface area contributed by atoms with E-state index in [2.05, 4.69) is 9.62 Å². The number of likely N-dealkylation sites (N-methyl/N-ethyl adjacent to an activating group) is 1. The molecular formula is C27H31ClN2O6S. The van der Waals surface area contributed by atoms with Crippen molar-refractivity contribution in [2.45, 2.75) is 31.0 Å². The van der Waals surface area contributed by atoms with Gasteiger partial charge in [-0.25, -0.2) is 8.42 Å². The number of hydrogen-bond acceptors (Lipinski definition) is 7. The highest BCUT2D eigenvalue weighted by atomic mass is 35.5. The molecule has 4 rings (SSSR count). The first-order valence-corrected chi connectivity index (χ1v) is 13.7. The van der Waals surface area contributed by atoms with Crippen molar-refractivity contribution in [1.82, 2.24) is 4.90 Å². The molecule has 1 aliphatic heterocycles. The number of Topliss-reactive ketones (excluding diaryl/α,β-unsaturated/α-hetero) is 1. The molecule has 0 amide bonds. The normalized spacial score (nSPS) is 24.2. The van der Waals surface area contributed by atoms with Crippen molar-refractivity contribution in [2.24, 2.45) is 0 Å². The fourth-order valence-electron chi connectivity index (χ4n) is 4.72. The molecule has 198 valence electrons. The zero-order valence-corrected chi connectivity index (χ0v) is 22.8. The van der Waals surface area contributed by atoms with Crippen LogP contribution >= 0.6 is 11.6 Å². The molecule has 0 aromatic heterocycles. The number of anilines is 1. The lowest BCUT2D eigenvalue weighted by Gasteiger charge is -2.35. The lowest BCUT2D eigenvalue weighted by atomic mass is 9.84. The Morgan fingerprint density at radius 3 is 2.49 bits per heavy atom. The van der Waals surface area contributed by atoms with Crippen molar-refractivity contribution >= 4 is 33.1 Å². The van der Waals surface area contributed by atoms with E-state index >= 15 is 0 Å². The SMILES string of the molecule is COC1=CC(c2ccccc2)C(S(=O)(=O)Nc2ccc(Cl)c(O[C@@H]3CCN(C)C3)c2)=CC1(OC)C(C)=O. The minimum absolute atomic E-state index is 0.0339. The number of carbonyl (C=O) groups is 1. The van der Waals surface area contributed by atoms with Gasteiger partial charge in [-0.1, -0.05) is 41.9 Å². The van der Waals surface area contributed by atoms with Gasteiger partial charge in [0.25, 0.3) is 10.0 Å². The topological polar surface area (TPSA) is 94.2 Å². The molecule has 1 saturated heterocycles. The lowest BCUT2D eigenvalue weighted by Crippen LogP contribution is -2.43. The predicted molar refractivity (Wildman–Crippen MR) is 143 cm³/mol. The number of likely N-dealkylation sites (tertiary alicyclic amines) is 1. The van der Waals surface area contributed by atoms with Crippen molar-refractivity contribution in [3.8, 4) is 5.75 Å². The van der Waals surface area contributed by atoms with E-state index in [1.165, 1.54) is 27.2 Å². The number of ketones is 1. The molecular weight excluding hydrogens is 516 g/mol. The van der Waals surface area contributed by atoms with Crippen LogP contribution < -0.4 is 9.46 Å². The number of rotatable bonds is 9. The minimum Gasteiger partial charge on any atom is -0.497 e. The molecule has 2 aromatic carbocycles. The Morgan fingerprint density at radius 1 is 1.16 bits per heavy atom. The highest BCUT2D eigenvalue weighted by Gasteiger charge is 2.46. The average molecular weight is 547 g/mol. The molecule has 2 aliphatic rings.